The van der Waals surface area contributed by atoms with Crippen molar-refractivity contribution in [2.75, 3.05) is 32.7 Å². The first kappa shape index (κ1) is 22.0. The smallest absolute Gasteiger partial charge is 0.222 e. The molecule has 6 heteroatoms. The van der Waals surface area contributed by atoms with Crippen molar-refractivity contribution >= 4 is 35.8 Å². The number of nitrogens with zero attached hydrogens (tertiary/aromatic N) is 2. The van der Waals surface area contributed by atoms with Gasteiger partial charge in [-0.2, -0.15) is 0 Å². The summed E-state index contributed by atoms with van der Waals surface area (Å²) in [5.41, 5.74) is 1.76. The molecule has 1 aliphatic heterocycles. The van der Waals surface area contributed by atoms with Crippen molar-refractivity contribution in [3.05, 3.63) is 35.9 Å². The van der Waals surface area contributed by atoms with Crippen LogP contribution in [0.2, 0.25) is 0 Å². The highest BCUT2D eigenvalue weighted by molar-refractivity contribution is 14.0. The molecule has 1 heterocycles. The molecular weight excluding hydrogens is 451 g/mol. The number of rotatable bonds is 9. The van der Waals surface area contributed by atoms with Gasteiger partial charge < -0.3 is 15.5 Å². The third-order valence-corrected chi connectivity index (χ3v) is 5.36. The second kappa shape index (κ2) is 10.9. The lowest BCUT2D eigenvalue weighted by Crippen LogP contribution is -2.39. The summed E-state index contributed by atoms with van der Waals surface area (Å²) >= 11 is 0. The van der Waals surface area contributed by atoms with E-state index in [4.69, 9.17) is 4.99 Å². The Morgan fingerprint density at radius 3 is 2.63 bits per heavy atom. The number of likely N-dealkylation sites (tertiary alicyclic amines) is 1. The van der Waals surface area contributed by atoms with Gasteiger partial charge in [-0.3, -0.25) is 9.79 Å². The third kappa shape index (κ3) is 6.97. The summed E-state index contributed by atoms with van der Waals surface area (Å²) in [7, 11) is 0. The Morgan fingerprint density at radius 1 is 1.22 bits per heavy atom. The molecular formula is C21H33IN4O. The number of carbonyl (C=O) groups excluding carboxylic acids is 1. The number of aliphatic imine (C=N–C) groups is 1. The Hall–Kier alpha value is -1.31. The number of halogens is 1. The van der Waals surface area contributed by atoms with E-state index in [1.165, 1.54) is 18.4 Å². The van der Waals surface area contributed by atoms with Crippen LogP contribution < -0.4 is 10.6 Å². The average molecular weight is 484 g/mol. The lowest BCUT2D eigenvalue weighted by molar-refractivity contribution is -0.127. The standard InChI is InChI=1S/C21H32N4O.HI/c1-2-22-20(23-13-7-15-25-14-6-10-19(25)26)24-17-21(11-12-21)16-18-8-4-3-5-9-18;/h3-5,8-9H,2,6-7,10-17H2,1H3,(H2,22,23,24);1H. The summed E-state index contributed by atoms with van der Waals surface area (Å²) in [5.74, 6) is 1.21. The molecule has 5 nitrogen and oxygen atoms in total. The Balaban J connectivity index is 0.00000261. The predicted molar refractivity (Wildman–Crippen MR) is 122 cm³/mol. The van der Waals surface area contributed by atoms with Gasteiger partial charge in [-0.25, -0.2) is 0 Å². The molecule has 0 spiro atoms. The quantitative estimate of drug-likeness (QED) is 0.245. The van der Waals surface area contributed by atoms with Crippen LogP contribution in [0.3, 0.4) is 0 Å². The van der Waals surface area contributed by atoms with Gasteiger partial charge in [0.1, 0.15) is 0 Å². The summed E-state index contributed by atoms with van der Waals surface area (Å²) in [6.07, 6.45) is 6.35. The van der Waals surface area contributed by atoms with Crippen LogP contribution in [0.1, 0.15) is 44.6 Å². The minimum absolute atomic E-state index is 0. The molecule has 2 aliphatic rings. The number of carbonyl (C=O) groups is 1. The maximum atomic E-state index is 11.6. The van der Waals surface area contributed by atoms with Crippen molar-refractivity contribution in [2.45, 2.75) is 45.4 Å². The van der Waals surface area contributed by atoms with E-state index >= 15 is 0 Å². The van der Waals surface area contributed by atoms with Crippen molar-refractivity contribution in [3.63, 3.8) is 0 Å². The fourth-order valence-corrected chi connectivity index (χ4v) is 3.60. The van der Waals surface area contributed by atoms with Crippen LogP contribution in [0.15, 0.2) is 35.3 Å². The lowest BCUT2D eigenvalue weighted by atomic mass is 9.97. The molecule has 0 unspecified atom stereocenters. The van der Waals surface area contributed by atoms with Gasteiger partial charge >= 0.3 is 0 Å². The molecule has 1 aliphatic carbocycles. The summed E-state index contributed by atoms with van der Waals surface area (Å²) in [4.78, 5) is 18.5. The van der Waals surface area contributed by atoms with Gasteiger partial charge in [0.25, 0.3) is 0 Å². The van der Waals surface area contributed by atoms with E-state index in [1.54, 1.807) is 0 Å². The van der Waals surface area contributed by atoms with Gasteiger partial charge in [0, 0.05) is 39.1 Å². The molecule has 0 radical (unpaired) electrons. The van der Waals surface area contributed by atoms with Crippen LogP contribution in [0.25, 0.3) is 0 Å². The maximum absolute atomic E-state index is 11.6. The minimum atomic E-state index is 0. The molecule has 3 rings (SSSR count). The largest absolute Gasteiger partial charge is 0.357 e. The van der Waals surface area contributed by atoms with Gasteiger partial charge in [0.2, 0.25) is 5.91 Å². The molecule has 1 aromatic carbocycles. The zero-order valence-corrected chi connectivity index (χ0v) is 18.7. The van der Waals surface area contributed by atoms with Gasteiger partial charge in [-0.15, -0.1) is 24.0 Å². The summed E-state index contributed by atoms with van der Waals surface area (Å²) in [6, 6.07) is 10.7. The molecule has 0 aromatic heterocycles. The molecule has 0 bridgehead atoms. The predicted octanol–water partition coefficient (Wildman–Crippen LogP) is 3.19. The Labute approximate surface area is 180 Å². The average Bonchev–Trinajstić information content (AvgIpc) is 3.29. The summed E-state index contributed by atoms with van der Waals surface area (Å²) in [6.45, 7) is 6.46. The van der Waals surface area contributed by atoms with Crippen LogP contribution in [0.5, 0.6) is 0 Å². The number of benzene rings is 1. The van der Waals surface area contributed by atoms with Crippen molar-refractivity contribution in [3.8, 4) is 0 Å². The number of amides is 1. The molecule has 1 amide bonds. The van der Waals surface area contributed by atoms with E-state index in [2.05, 4.69) is 47.9 Å². The molecule has 2 fully saturated rings. The number of guanidine groups is 1. The first-order chi connectivity index (χ1) is 12.7. The van der Waals surface area contributed by atoms with E-state index in [9.17, 15) is 4.79 Å². The van der Waals surface area contributed by atoms with Gasteiger partial charge in [-0.1, -0.05) is 30.3 Å². The molecule has 150 valence electrons. The lowest BCUT2D eigenvalue weighted by Gasteiger charge is -2.17. The molecule has 1 saturated carbocycles. The Kier molecular flexibility index (Phi) is 8.86. The molecule has 27 heavy (non-hydrogen) atoms. The van der Waals surface area contributed by atoms with Crippen LogP contribution in [0.4, 0.5) is 0 Å². The van der Waals surface area contributed by atoms with Crippen LogP contribution >= 0.6 is 24.0 Å². The molecule has 2 N–H and O–H groups in total. The van der Waals surface area contributed by atoms with Crippen molar-refractivity contribution in [1.29, 1.82) is 0 Å². The van der Waals surface area contributed by atoms with E-state index in [-0.39, 0.29) is 24.0 Å². The SMILES string of the molecule is CCNC(=NCC1(Cc2ccccc2)CC1)NCCCN1CCCC1=O.I. The van der Waals surface area contributed by atoms with E-state index in [0.717, 1.165) is 64.4 Å². The van der Waals surface area contributed by atoms with Gasteiger partial charge in [0.05, 0.1) is 0 Å². The van der Waals surface area contributed by atoms with Crippen molar-refractivity contribution in [1.82, 2.24) is 15.5 Å². The topological polar surface area (TPSA) is 56.7 Å². The summed E-state index contributed by atoms with van der Waals surface area (Å²) in [5, 5.41) is 6.77. The second-order valence-electron chi connectivity index (χ2n) is 7.62. The van der Waals surface area contributed by atoms with Gasteiger partial charge in [0.15, 0.2) is 5.96 Å². The first-order valence-corrected chi connectivity index (χ1v) is 10.0. The zero-order valence-electron chi connectivity index (χ0n) is 16.4. The highest BCUT2D eigenvalue weighted by Crippen LogP contribution is 2.48. The van der Waals surface area contributed by atoms with Crippen molar-refractivity contribution < 1.29 is 4.79 Å². The third-order valence-electron chi connectivity index (χ3n) is 5.36. The Bertz CT molecular complexity index is 616. The molecule has 0 atom stereocenters. The van der Waals surface area contributed by atoms with Crippen LogP contribution in [-0.2, 0) is 11.2 Å². The maximum Gasteiger partial charge on any atom is 0.222 e. The van der Waals surface area contributed by atoms with Crippen LogP contribution in [-0.4, -0.2) is 49.5 Å². The van der Waals surface area contributed by atoms with Crippen molar-refractivity contribution in [2.24, 2.45) is 10.4 Å². The van der Waals surface area contributed by atoms with E-state index in [0.29, 0.717) is 11.3 Å². The number of hydrogen-bond acceptors (Lipinski definition) is 2. The highest BCUT2D eigenvalue weighted by atomic mass is 127. The molecule has 1 aromatic rings. The minimum Gasteiger partial charge on any atom is -0.357 e. The monoisotopic (exact) mass is 484 g/mol. The van der Waals surface area contributed by atoms with E-state index in [1.807, 2.05) is 4.90 Å². The normalized spacial score (nSPS) is 18.2. The number of nitrogens with one attached hydrogen (secondary N) is 2. The van der Waals surface area contributed by atoms with E-state index < -0.39 is 0 Å². The Morgan fingerprint density at radius 2 is 2.00 bits per heavy atom. The first-order valence-electron chi connectivity index (χ1n) is 10.0. The zero-order chi connectivity index (χ0) is 18.2. The second-order valence-corrected chi connectivity index (χ2v) is 7.62. The fraction of sp³-hybridized carbons (Fsp3) is 0.619. The molecule has 1 saturated heterocycles. The highest BCUT2D eigenvalue weighted by Gasteiger charge is 2.42. The summed E-state index contributed by atoms with van der Waals surface area (Å²) < 4.78 is 0. The van der Waals surface area contributed by atoms with Gasteiger partial charge in [-0.05, 0) is 50.0 Å². The number of hydrogen-bond donors (Lipinski definition) is 2. The fourth-order valence-electron chi connectivity index (χ4n) is 3.60. The van der Waals surface area contributed by atoms with Crippen LogP contribution in [0, 0.1) is 5.41 Å².